The molecule has 0 amide bonds. The second-order valence-corrected chi connectivity index (χ2v) is 8.55. The monoisotopic (exact) mass is 556 g/mol. The van der Waals surface area contributed by atoms with Gasteiger partial charge in [-0.2, -0.15) is 0 Å². The van der Waals surface area contributed by atoms with Crippen molar-refractivity contribution in [3.63, 3.8) is 0 Å². The maximum Gasteiger partial charge on any atom is 0.338 e. The maximum atomic E-state index is 13.5. The Labute approximate surface area is 203 Å². The first kappa shape index (κ1) is 22.2. The molecule has 0 saturated carbocycles. The van der Waals surface area contributed by atoms with Crippen LogP contribution >= 0.6 is 34.2 Å². The fourth-order valence-corrected chi connectivity index (χ4v) is 3.96. The second-order valence-electron chi connectivity index (χ2n) is 6.89. The average Bonchev–Trinajstić information content (AvgIpc) is 2.79. The molecule has 0 atom stereocenters. The Morgan fingerprint density at radius 2 is 1.84 bits per heavy atom. The first-order valence-electron chi connectivity index (χ1n) is 9.90. The fraction of sp³-hybridized carbons (Fsp3) is 0.0800. The van der Waals surface area contributed by atoms with Crippen LogP contribution < -0.4 is 5.56 Å². The molecule has 0 bridgehead atoms. The van der Waals surface area contributed by atoms with Gasteiger partial charge in [0.15, 0.2) is 0 Å². The van der Waals surface area contributed by atoms with Crippen LogP contribution in [-0.2, 0) is 4.74 Å². The van der Waals surface area contributed by atoms with E-state index >= 15 is 0 Å². The molecule has 0 aliphatic carbocycles. The minimum atomic E-state index is -0.406. The van der Waals surface area contributed by atoms with Crippen molar-refractivity contribution in [2.24, 2.45) is 0 Å². The molecule has 0 saturated heterocycles. The maximum absolute atomic E-state index is 13.5. The molecule has 0 N–H and O–H groups in total. The molecule has 32 heavy (non-hydrogen) atoms. The molecule has 5 nitrogen and oxygen atoms in total. The Morgan fingerprint density at radius 3 is 2.56 bits per heavy atom. The Balaban J connectivity index is 1.88. The summed E-state index contributed by atoms with van der Waals surface area (Å²) in [6, 6.07) is 19.7. The lowest BCUT2D eigenvalue weighted by Crippen LogP contribution is -2.22. The van der Waals surface area contributed by atoms with Crippen molar-refractivity contribution in [3.8, 4) is 5.69 Å². The van der Waals surface area contributed by atoms with Gasteiger partial charge in [0.25, 0.3) is 5.56 Å². The third-order valence-electron chi connectivity index (χ3n) is 4.81. The Morgan fingerprint density at radius 1 is 1.09 bits per heavy atom. The van der Waals surface area contributed by atoms with Gasteiger partial charge in [-0.1, -0.05) is 29.8 Å². The summed E-state index contributed by atoms with van der Waals surface area (Å²) < 4.78 is 7.52. The number of rotatable bonds is 5. The first-order valence-corrected chi connectivity index (χ1v) is 11.4. The Bertz CT molecular complexity index is 1390. The SMILES string of the molecule is CCOC(=O)c1ccc(-n2c(/C=C/c3ccccc3Cl)nc3ccc(I)cc3c2=O)cc1. The Kier molecular flexibility index (Phi) is 6.72. The fourth-order valence-electron chi connectivity index (χ4n) is 3.27. The number of hydrogen-bond donors (Lipinski definition) is 0. The predicted molar refractivity (Wildman–Crippen MR) is 136 cm³/mol. The lowest BCUT2D eigenvalue weighted by Gasteiger charge is -2.12. The lowest BCUT2D eigenvalue weighted by molar-refractivity contribution is 0.0526. The van der Waals surface area contributed by atoms with Crippen molar-refractivity contribution in [1.82, 2.24) is 9.55 Å². The van der Waals surface area contributed by atoms with Gasteiger partial charge in [0.1, 0.15) is 5.82 Å². The highest BCUT2D eigenvalue weighted by Gasteiger charge is 2.13. The van der Waals surface area contributed by atoms with E-state index in [0.717, 1.165) is 9.13 Å². The van der Waals surface area contributed by atoms with E-state index < -0.39 is 5.97 Å². The average molecular weight is 557 g/mol. The van der Waals surface area contributed by atoms with Crippen molar-refractivity contribution in [2.75, 3.05) is 6.61 Å². The van der Waals surface area contributed by atoms with Crippen molar-refractivity contribution in [1.29, 1.82) is 0 Å². The summed E-state index contributed by atoms with van der Waals surface area (Å²) in [5.74, 6) is 0.0453. The van der Waals surface area contributed by atoms with Crippen molar-refractivity contribution in [2.45, 2.75) is 6.92 Å². The van der Waals surface area contributed by atoms with Crippen LogP contribution in [0.1, 0.15) is 28.7 Å². The summed E-state index contributed by atoms with van der Waals surface area (Å²) in [7, 11) is 0. The minimum absolute atomic E-state index is 0.198. The van der Waals surface area contributed by atoms with E-state index in [2.05, 4.69) is 22.6 Å². The standard InChI is InChI=1S/C25H18ClIN2O3/c1-2-32-25(31)17-7-11-19(12-8-17)29-23(14-9-16-5-3-4-6-21(16)26)28-22-13-10-18(27)15-20(22)24(29)30/h3-15H,2H2,1H3/b14-9+. The summed E-state index contributed by atoms with van der Waals surface area (Å²) in [6.45, 7) is 2.05. The van der Waals surface area contributed by atoms with E-state index in [1.807, 2.05) is 42.5 Å². The summed E-state index contributed by atoms with van der Waals surface area (Å²) >= 11 is 8.45. The number of fused-ring (bicyclic) bond motifs is 1. The van der Waals surface area contributed by atoms with Crippen molar-refractivity contribution < 1.29 is 9.53 Å². The molecular weight excluding hydrogens is 539 g/mol. The van der Waals surface area contributed by atoms with Gasteiger partial charge in [-0.05, 0) is 95.8 Å². The highest BCUT2D eigenvalue weighted by Crippen LogP contribution is 2.20. The number of aromatic nitrogens is 2. The second kappa shape index (κ2) is 9.67. The molecule has 0 unspecified atom stereocenters. The molecule has 0 radical (unpaired) electrons. The zero-order valence-corrected chi connectivity index (χ0v) is 20.0. The van der Waals surface area contributed by atoms with E-state index in [1.165, 1.54) is 4.57 Å². The highest BCUT2D eigenvalue weighted by molar-refractivity contribution is 14.1. The number of ether oxygens (including phenoxy) is 1. The highest BCUT2D eigenvalue weighted by atomic mass is 127. The third kappa shape index (κ3) is 4.61. The van der Waals surface area contributed by atoms with E-state index in [0.29, 0.717) is 39.6 Å². The minimum Gasteiger partial charge on any atom is -0.462 e. The normalized spacial score (nSPS) is 11.2. The summed E-state index contributed by atoms with van der Waals surface area (Å²) in [6.07, 6.45) is 3.59. The lowest BCUT2D eigenvalue weighted by atomic mass is 10.1. The van der Waals surface area contributed by atoms with Crippen molar-refractivity contribution in [3.05, 3.63) is 103 Å². The van der Waals surface area contributed by atoms with Gasteiger partial charge in [0.05, 0.1) is 28.8 Å². The molecule has 1 aromatic heterocycles. The Hall–Kier alpha value is -2.97. The van der Waals surface area contributed by atoms with Crippen LogP contribution in [0.5, 0.6) is 0 Å². The van der Waals surface area contributed by atoms with Crippen LogP contribution in [0.4, 0.5) is 0 Å². The number of esters is 1. The largest absolute Gasteiger partial charge is 0.462 e. The van der Waals surface area contributed by atoms with Crippen LogP contribution in [0.2, 0.25) is 5.02 Å². The smallest absolute Gasteiger partial charge is 0.338 e. The van der Waals surface area contributed by atoms with Crippen LogP contribution in [0, 0.1) is 3.57 Å². The number of nitrogens with zero attached hydrogens (tertiary/aromatic N) is 2. The molecule has 0 aliphatic heterocycles. The van der Waals surface area contributed by atoms with Gasteiger partial charge in [0, 0.05) is 8.59 Å². The predicted octanol–water partition coefficient (Wildman–Crippen LogP) is 5.99. The molecule has 0 spiro atoms. The van der Waals surface area contributed by atoms with Gasteiger partial charge in [-0.25, -0.2) is 9.78 Å². The molecule has 4 aromatic rings. The van der Waals surface area contributed by atoms with Crippen LogP contribution in [0.25, 0.3) is 28.7 Å². The topological polar surface area (TPSA) is 61.2 Å². The molecule has 0 aliphatic rings. The number of hydrogen-bond acceptors (Lipinski definition) is 4. The summed E-state index contributed by atoms with van der Waals surface area (Å²) in [5, 5.41) is 1.12. The van der Waals surface area contributed by atoms with E-state index in [1.54, 1.807) is 43.3 Å². The molecule has 4 rings (SSSR count). The zero-order chi connectivity index (χ0) is 22.7. The third-order valence-corrected chi connectivity index (χ3v) is 5.83. The number of carbonyl (C=O) groups is 1. The van der Waals surface area contributed by atoms with Gasteiger partial charge < -0.3 is 4.74 Å². The zero-order valence-electron chi connectivity index (χ0n) is 17.1. The summed E-state index contributed by atoms with van der Waals surface area (Å²) in [5.41, 5.74) is 2.23. The van der Waals surface area contributed by atoms with Crippen LogP contribution in [-0.4, -0.2) is 22.1 Å². The van der Waals surface area contributed by atoms with E-state index in [4.69, 9.17) is 21.3 Å². The molecule has 1 heterocycles. The van der Waals surface area contributed by atoms with Gasteiger partial charge in [0.2, 0.25) is 0 Å². The number of carbonyl (C=O) groups excluding carboxylic acids is 1. The molecule has 0 fully saturated rings. The number of benzene rings is 3. The summed E-state index contributed by atoms with van der Waals surface area (Å²) in [4.78, 5) is 30.2. The first-order chi connectivity index (χ1) is 15.5. The van der Waals surface area contributed by atoms with E-state index in [-0.39, 0.29) is 5.56 Å². The van der Waals surface area contributed by atoms with Gasteiger partial charge in [-0.15, -0.1) is 0 Å². The number of halogens is 2. The molecule has 3 aromatic carbocycles. The van der Waals surface area contributed by atoms with Gasteiger partial charge >= 0.3 is 5.97 Å². The molecule has 160 valence electrons. The molecule has 7 heteroatoms. The van der Waals surface area contributed by atoms with Gasteiger partial charge in [-0.3, -0.25) is 9.36 Å². The van der Waals surface area contributed by atoms with E-state index in [9.17, 15) is 9.59 Å². The van der Waals surface area contributed by atoms with Crippen LogP contribution in [0.15, 0.2) is 71.5 Å². The molecular formula is C25H18ClIN2O3. The van der Waals surface area contributed by atoms with Crippen molar-refractivity contribution >= 4 is 63.2 Å². The van der Waals surface area contributed by atoms with Crippen LogP contribution in [0.3, 0.4) is 0 Å². The quantitative estimate of drug-likeness (QED) is 0.224.